The fraction of sp³-hybridized carbons (Fsp3) is 0.186. The Kier molecular flexibility index (Phi) is 12.5. The van der Waals surface area contributed by atoms with Gasteiger partial charge in [0.25, 0.3) is 0 Å². The van der Waals surface area contributed by atoms with Crippen LogP contribution in [0.3, 0.4) is 0 Å². The number of halogens is 5. The molecule has 11 heteroatoms. The van der Waals surface area contributed by atoms with Crippen LogP contribution in [-0.2, 0) is 31.9 Å². The smallest absolute Gasteiger partial charge is 0.200 e. The van der Waals surface area contributed by atoms with Gasteiger partial charge in [-0.2, -0.15) is 6.07 Å². The molecule has 358 valence electrons. The number of aromatic nitrogens is 2. The Balaban J connectivity index is 0.00000608. The molecule has 0 aliphatic carbocycles. The minimum absolute atomic E-state index is 0. The molecule has 0 bridgehead atoms. The molecule has 7 aromatic carbocycles. The molecular weight excluding hydrogens is 1070 g/mol. The normalized spacial score (nSPS) is 12.8. The van der Waals surface area contributed by atoms with Gasteiger partial charge in [0.2, 0.25) is 5.82 Å². The molecular formula is C59H48F5N4OPt-3. The number of pyridine rings is 1. The molecule has 0 saturated heterocycles. The molecule has 0 unspecified atom stereocenters. The minimum Gasteiger partial charge on any atom is -0.509 e. The summed E-state index contributed by atoms with van der Waals surface area (Å²) in [6.45, 7) is 18.3. The van der Waals surface area contributed by atoms with Gasteiger partial charge in [-0.05, 0) is 74.7 Å². The summed E-state index contributed by atoms with van der Waals surface area (Å²) in [5, 5.41) is 2.03. The molecule has 0 fully saturated rings. The van der Waals surface area contributed by atoms with E-state index in [4.69, 9.17) is 9.72 Å². The van der Waals surface area contributed by atoms with Gasteiger partial charge in [-0.25, -0.2) is 26.9 Å². The van der Waals surface area contributed by atoms with Crippen LogP contribution in [0.2, 0.25) is 0 Å². The third-order valence-corrected chi connectivity index (χ3v) is 12.8. The molecule has 0 N–H and O–H groups in total. The number of rotatable bonds is 8. The third kappa shape index (κ3) is 8.34. The van der Waals surface area contributed by atoms with Crippen molar-refractivity contribution in [2.24, 2.45) is 0 Å². The van der Waals surface area contributed by atoms with Crippen molar-refractivity contribution in [2.45, 2.75) is 72.1 Å². The van der Waals surface area contributed by atoms with E-state index < -0.39 is 40.1 Å². The molecule has 9 aromatic rings. The summed E-state index contributed by atoms with van der Waals surface area (Å²) < 4.78 is 85.1. The number of ether oxygens (including phenoxy) is 1. The largest absolute Gasteiger partial charge is 0.509 e. The first-order chi connectivity index (χ1) is 32.9. The standard InChI is InChI=1S/C59H48F5N4O.Pt/c1-34(2)40-16-9-10-17-41(40)35-28-37(31-39(29-35)69-38-24-25-43-42-18-11-12-21-46(42)68(49(43)32-38)50-30-36(26-27-65-50)58(3,4)5)66-33-67(48-23-14-13-22-47(48)66)57-44(19-15-20-45(57)59(6,7)8)51-52(60)54(62)56(64)55(63)53(51)61;/h9-30,33-34H,1-8H3;/q-3;. The second-order valence-corrected chi connectivity index (χ2v) is 19.8. The minimum atomic E-state index is -2.22. The van der Waals surface area contributed by atoms with Crippen molar-refractivity contribution >= 4 is 44.6 Å². The van der Waals surface area contributed by atoms with Crippen molar-refractivity contribution in [3.8, 4) is 39.6 Å². The number of para-hydroxylation sites is 4. The van der Waals surface area contributed by atoms with Crippen LogP contribution < -0.4 is 14.5 Å². The fourth-order valence-corrected chi connectivity index (χ4v) is 9.36. The Bertz CT molecular complexity index is 3470. The van der Waals surface area contributed by atoms with E-state index in [0.717, 1.165) is 49.9 Å². The maximum absolute atomic E-state index is 15.9. The van der Waals surface area contributed by atoms with Crippen LogP contribution in [0.25, 0.3) is 49.9 Å². The van der Waals surface area contributed by atoms with Gasteiger partial charge in [-0.15, -0.1) is 53.6 Å². The van der Waals surface area contributed by atoms with Crippen molar-refractivity contribution < 1.29 is 47.8 Å². The van der Waals surface area contributed by atoms with Crippen LogP contribution in [0.5, 0.6) is 11.5 Å². The first kappa shape index (κ1) is 48.3. The Morgan fingerprint density at radius 1 is 0.600 bits per heavy atom. The zero-order valence-electron chi connectivity index (χ0n) is 39.8. The van der Waals surface area contributed by atoms with Crippen molar-refractivity contribution in [3.05, 3.63) is 198 Å². The van der Waals surface area contributed by atoms with Crippen LogP contribution in [-0.4, -0.2) is 9.55 Å². The van der Waals surface area contributed by atoms with E-state index >= 15 is 17.6 Å². The average molecular weight is 1120 g/mol. The molecule has 70 heavy (non-hydrogen) atoms. The summed E-state index contributed by atoms with van der Waals surface area (Å²) in [7, 11) is 0. The molecule has 1 aliphatic heterocycles. The summed E-state index contributed by atoms with van der Waals surface area (Å²) in [6.07, 6.45) is 1.84. The van der Waals surface area contributed by atoms with Gasteiger partial charge in [0.1, 0.15) is 5.82 Å². The molecule has 0 radical (unpaired) electrons. The molecule has 0 atom stereocenters. The van der Waals surface area contributed by atoms with E-state index in [1.54, 1.807) is 23.7 Å². The fourth-order valence-electron chi connectivity index (χ4n) is 9.36. The van der Waals surface area contributed by atoms with Gasteiger partial charge >= 0.3 is 0 Å². The number of benzene rings is 7. The third-order valence-electron chi connectivity index (χ3n) is 12.8. The molecule has 2 aromatic heterocycles. The second kappa shape index (κ2) is 18.2. The predicted molar refractivity (Wildman–Crippen MR) is 266 cm³/mol. The van der Waals surface area contributed by atoms with E-state index in [9.17, 15) is 4.39 Å². The first-order valence-corrected chi connectivity index (χ1v) is 22.9. The van der Waals surface area contributed by atoms with Crippen LogP contribution >= 0.6 is 0 Å². The summed E-state index contributed by atoms with van der Waals surface area (Å²) in [5.41, 5.74) is 6.56. The quantitative estimate of drug-likeness (QED) is 0.0657. The Morgan fingerprint density at radius 2 is 1.24 bits per heavy atom. The van der Waals surface area contributed by atoms with E-state index in [-0.39, 0.29) is 43.6 Å². The van der Waals surface area contributed by atoms with Crippen molar-refractivity contribution in [2.75, 3.05) is 9.80 Å². The molecule has 1 aliphatic rings. The van der Waals surface area contributed by atoms with Crippen LogP contribution in [0, 0.1) is 47.9 Å². The number of hydrogen-bond donors (Lipinski definition) is 0. The average Bonchev–Trinajstić information content (AvgIpc) is 3.88. The van der Waals surface area contributed by atoms with Crippen molar-refractivity contribution in [1.82, 2.24) is 9.55 Å². The maximum Gasteiger partial charge on any atom is 0.200 e. The van der Waals surface area contributed by atoms with Gasteiger partial charge < -0.3 is 19.1 Å². The van der Waals surface area contributed by atoms with E-state index in [1.807, 2.05) is 111 Å². The van der Waals surface area contributed by atoms with Crippen LogP contribution in [0.1, 0.15) is 78.0 Å². The SMILES string of the molecule is CC(C)c1ccccc1-c1cc(Oc2[c-]c3c(cc2)c2ccccc2n3-c2cc(C(C)(C)C)ccn2)[c-]c(N2[CH-]N(c3c(-c4c(F)c(F)c(F)c(F)c4F)cccc3C(C)(C)C)c3ccccc32)c1.[Pt]. The van der Waals surface area contributed by atoms with Gasteiger partial charge in [0.15, 0.2) is 23.3 Å². The summed E-state index contributed by atoms with van der Waals surface area (Å²) >= 11 is 0. The van der Waals surface area contributed by atoms with E-state index in [2.05, 4.69) is 81.7 Å². The predicted octanol–water partition coefficient (Wildman–Crippen LogP) is 16.7. The van der Waals surface area contributed by atoms with E-state index in [0.29, 0.717) is 34.1 Å². The zero-order chi connectivity index (χ0) is 48.7. The Hall–Kier alpha value is -6.77. The van der Waals surface area contributed by atoms with Gasteiger partial charge in [-0.3, -0.25) is 0 Å². The van der Waals surface area contributed by atoms with Crippen LogP contribution in [0.15, 0.2) is 134 Å². The van der Waals surface area contributed by atoms with E-state index in [1.165, 1.54) is 6.07 Å². The van der Waals surface area contributed by atoms with Crippen molar-refractivity contribution in [3.63, 3.8) is 0 Å². The topological polar surface area (TPSA) is 33.5 Å². The summed E-state index contributed by atoms with van der Waals surface area (Å²) in [4.78, 5) is 8.48. The summed E-state index contributed by atoms with van der Waals surface area (Å²) in [5.74, 6) is -8.34. The molecule has 0 saturated carbocycles. The second-order valence-electron chi connectivity index (χ2n) is 19.8. The van der Waals surface area contributed by atoms with Crippen LogP contribution in [0.4, 0.5) is 44.7 Å². The number of hydrogen-bond acceptors (Lipinski definition) is 4. The zero-order valence-corrected chi connectivity index (χ0v) is 42.0. The first-order valence-electron chi connectivity index (χ1n) is 22.9. The molecule has 0 amide bonds. The summed E-state index contributed by atoms with van der Waals surface area (Å²) in [6, 6.07) is 47.7. The molecule has 5 nitrogen and oxygen atoms in total. The van der Waals surface area contributed by atoms with Crippen molar-refractivity contribution in [1.29, 1.82) is 0 Å². The Labute approximate surface area is 419 Å². The Morgan fingerprint density at radius 3 is 1.94 bits per heavy atom. The maximum atomic E-state index is 15.9. The number of nitrogens with zero attached hydrogens (tertiary/aromatic N) is 4. The molecule has 10 rings (SSSR count). The van der Waals surface area contributed by atoms with Gasteiger partial charge in [0.05, 0.1) is 5.56 Å². The van der Waals surface area contributed by atoms with Gasteiger partial charge in [-0.1, -0.05) is 134 Å². The number of fused-ring (bicyclic) bond motifs is 4. The van der Waals surface area contributed by atoms with Gasteiger partial charge in [0, 0.05) is 66.9 Å². The number of anilines is 4. The molecule has 0 spiro atoms. The molecule has 3 heterocycles. The monoisotopic (exact) mass is 1120 g/mol.